The highest BCUT2D eigenvalue weighted by Gasteiger charge is 2.19. The molecule has 100 valence electrons. The van der Waals surface area contributed by atoms with Gasteiger partial charge in [0.2, 0.25) is 0 Å². The van der Waals surface area contributed by atoms with Crippen molar-refractivity contribution in [1.82, 2.24) is 5.32 Å². The Morgan fingerprint density at radius 2 is 1.89 bits per heavy atom. The zero-order chi connectivity index (χ0) is 12.8. The highest BCUT2D eigenvalue weighted by molar-refractivity contribution is 5.18. The second kappa shape index (κ2) is 6.94. The summed E-state index contributed by atoms with van der Waals surface area (Å²) in [4.78, 5) is 0. The molecule has 1 aromatic rings. The molecular weight excluding hydrogens is 218 g/mol. The molecule has 1 nitrogen and oxygen atoms in total. The van der Waals surface area contributed by atoms with E-state index in [-0.39, 0.29) is 0 Å². The maximum Gasteiger partial charge on any atom is 0.0320 e. The Hall–Kier alpha value is -0.820. The summed E-state index contributed by atoms with van der Waals surface area (Å²) in [5, 5.41) is 3.88. The fraction of sp³-hybridized carbons (Fsp3) is 0.647. The molecule has 0 saturated heterocycles. The lowest BCUT2D eigenvalue weighted by Crippen LogP contribution is -2.32. The van der Waals surface area contributed by atoms with Crippen LogP contribution >= 0.6 is 0 Å². The Kier molecular flexibility index (Phi) is 5.25. The molecule has 0 aliphatic heterocycles. The Morgan fingerprint density at radius 3 is 2.61 bits per heavy atom. The minimum Gasteiger partial charge on any atom is -0.307 e. The molecule has 1 aromatic carbocycles. The summed E-state index contributed by atoms with van der Waals surface area (Å²) in [7, 11) is 0. The van der Waals surface area contributed by atoms with Gasteiger partial charge in [-0.05, 0) is 37.2 Å². The SMILES string of the molecule is CCC(NC1CCCC(C)CC1)c1ccccc1. The quantitative estimate of drug-likeness (QED) is 0.758. The lowest BCUT2D eigenvalue weighted by Gasteiger charge is -2.24. The van der Waals surface area contributed by atoms with Crippen molar-refractivity contribution >= 4 is 0 Å². The van der Waals surface area contributed by atoms with Crippen molar-refractivity contribution in [1.29, 1.82) is 0 Å². The number of hydrogen-bond donors (Lipinski definition) is 1. The summed E-state index contributed by atoms with van der Waals surface area (Å²) in [6.07, 6.45) is 8.08. The Balaban J connectivity index is 1.94. The molecule has 1 aliphatic rings. The van der Waals surface area contributed by atoms with E-state index in [1.165, 1.54) is 44.1 Å². The zero-order valence-corrected chi connectivity index (χ0v) is 11.9. The van der Waals surface area contributed by atoms with Gasteiger partial charge < -0.3 is 5.32 Å². The molecule has 0 aromatic heterocycles. The van der Waals surface area contributed by atoms with Crippen molar-refractivity contribution in [2.24, 2.45) is 5.92 Å². The van der Waals surface area contributed by atoms with Crippen LogP contribution < -0.4 is 5.32 Å². The number of hydrogen-bond acceptors (Lipinski definition) is 1. The summed E-state index contributed by atoms with van der Waals surface area (Å²) in [5.41, 5.74) is 1.44. The largest absolute Gasteiger partial charge is 0.307 e. The van der Waals surface area contributed by atoms with E-state index in [0.29, 0.717) is 6.04 Å². The summed E-state index contributed by atoms with van der Waals surface area (Å²) < 4.78 is 0. The first-order valence-electron chi connectivity index (χ1n) is 7.60. The van der Waals surface area contributed by atoms with Crippen LogP contribution in [0.1, 0.15) is 64.0 Å². The molecule has 0 heterocycles. The third-order valence-electron chi connectivity index (χ3n) is 4.30. The van der Waals surface area contributed by atoms with Gasteiger partial charge in [-0.2, -0.15) is 0 Å². The van der Waals surface area contributed by atoms with E-state index in [9.17, 15) is 0 Å². The summed E-state index contributed by atoms with van der Waals surface area (Å²) in [5.74, 6) is 0.925. The van der Waals surface area contributed by atoms with Gasteiger partial charge in [-0.3, -0.25) is 0 Å². The van der Waals surface area contributed by atoms with Crippen molar-refractivity contribution in [2.75, 3.05) is 0 Å². The number of rotatable bonds is 4. The van der Waals surface area contributed by atoms with Crippen LogP contribution in [-0.2, 0) is 0 Å². The van der Waals surface area contributed by atoms with Crippen LogP contribution in [0, 0.1) is 5.92 Å². The van der Waals surface area contributed by atoms with Crippen molar-refractivity contribution in [3.8, 4) is 0 Å². The highest BCUT2D eigenvalue weighted by atomic mass is 14.9. The Labute approximate surface area is 112 Å². The second-order valence-corrected chi connectivity index (χ2v) is 5.85. The van der Waals surface area contributed by atoms with Gasteiger partial charge in [0.1, 0.15) is 0 Å². The third kappa shape index (κ3) is 3.84. The Bertz CT molecular complexity index is 333. The molecule has 2 rings (SSSR count). The van der Waals surface area contributed by atoms with Crippen molar-refractivity contribution in [3.05, 3.63) is 35.9 Å². The maximum absolute atomic E-state index is 3.88. The minimum absolute atomic E-state index is 0.532. The van der Waals surface area contributed by atoms with Gasteiger partial charge in [0.25, 0.3) is 0 Å². The first kappa shape index (κ1) is 13.6. The van der Waals surface area contributed by atoms with Gasteiger partial charge in [0.15, 0.2) is 0 Å². The molecule has 1 N–H and O–H groups in total. The lowest BCUT2D eigenvalue weighted by atomic mass is 10.0. The fourth-order valence-electron chi connectivity index (χ4n) is 3.07. The summed E-state index contributed by atoms with van der Waals surface area (Å²) in [6, 6.07) is 12.2. The van der Waals surface area contributed by atoms with Crippen molar-refractivity contribution in [2.45, 2.75) is 64.5 Å². The van der Waals surface area contributed by atoms with E-state index in [1.807, 2.05) is 0 Å². The van der Waals surface area contributed by atoms with E-state index in [1.54, 1.807) is 0 Å². The van der Waals surface area contributed by atoms with Crippen LogP contribution in [0.15, 0.2) is 30.3 Å². The average Bonchev–Trinajstić information content (AvgIpc) is 2.62. The summed E-state index contributed by atoms with van der Waals surface area (Å²) in [6.45, 7) is 4.68. The van der Waals surface area contributed by atoms with Crippen LogP contribution in [-0.4, -0.2) is 6.04 Å². The second-order valence-electron chi connectivity index (χ2n) is 5.85. The summed E-state index contributed by atoms with van der Waals surface area (Å²) >= 11 is 0. The maximum atomic E-state index is 3.88. The van der Waals surface area contributed by atoms with Crippen LogP contribution in [0.4, 0.5) is 0 Å². The van der Waals surface area contributed by atoms with Gasteiger partial charge >= 0.3 is 0 Å². The van der Waals surface area contributed by atoms with Crippen LogP contribution in [0.25, 0.3) is 0 Å². The van der Waals surface area contributed by atoms with Crippen molar-refractivity contribution in [3.63, 3.8) is 0 Å². The average molecular weight is 245 g/mol. The lowest BCUT2D eigenvalue weighted by molar-refractivity contribution is 0.387. The van der Waals surface area contributed by atoms with E-state index in [4.69, 9.17) is 0 Å². The van der Waals surface area contributed by atoms with E-state index < -0.39 is 0 Å². The highest BCUT2D eigenvalue weighted by Crippen LogP contribution is 2.25. The number of nitrogens with one attached hydrogen (secondary N) is 1. The fourth-order valence-corrected chi connectivity index (χ4v) is 3.07. The van der Waals surface area contributed by atoms with Crippen LogP contribution in [0.3, 0.4) is 0 Å². The predicted octanol–water partition coefficient (Wildman–Crippen LogP) is 4.70. The monoisotopic (exact) mass is 245 g/mol. The molecule has 1 heteroatoms. The van der Waals surface area contributed by atoms with E-state index >= 15 is 0 Å². The van der Waals surface area contributed by atoms with Gasteiger partial charge in [-0.15, -0.1) is 0 Å². The smallest absolute Gasteiger partial charge is 0.0320 e. The number of benzene rings is 1. The third-order valence-corrected chi connectivity index (χ3v) is 4.30. The molecule has 18 heavy (non-hydrogen) atoms. The van der Waals surface area contributed by atoms with E-state index in [0.717, 1.165) is 12.0 Å². The molecule has 0 spiro atoms. The molecule has 1 saturated carbocycles. The Morgan fingerprint density at radius 1 is 1.11 bits per heavy atom. The van der Waals surface area contributed by atoms with Gasteiger partial charge in [0, 0.05) is 12.1 Å². The molecule has 0 radical (unpaired) electrons. The molecular formula is C17H27N. The predicted molar refractivity (Wildman–Crippen MR) is 78.6 cm³/mol. The normalized spacial score (nSPS) is 26.6. The minimum atomic E-state index is 0.532. The molecule has 0 bridgehead atoms. The zero-order valence-electron chi connectivity index (χ0n) is 11.9. The van der Waals surface area contributed by atoms with E-state index in [2.05, 4.69) is 49.5 Å². The van der Waals surface area contributed by atoms with Gasteiger partial charge in [-0.25, -0.2) is 0 Å². The standard InChI is InChI=1S/C17H27N/c1-3-17(15-9-5-4-6-10-15)18-16-11-7-8-14(2)12-13-16/h4-6,9-10,14,16-18H,3,7-8,11-13H2,1-2H3. The molecule has 0 amide bonds. The molecule has 1 fully saturated rings. The van der Waals surface area contributed by atoms with Gasteiger partial charge in [0.05, 0.1) is 0 Å². The molecule has 1 aliphatic carbocycles. The topological polar surface area (TPSA) is 12.0 Å². The van der Waals surface area contributed by atoms with Gasteiger partial charge in [-0.1, -0.05) is 57.0 Å². The molecule has 3 unspecified atom stereocenters. The first-order chi connectivity index (χ1) is 8.79. The van der Waals surface area contributed by atoms with Crippen LogP contribution in [0.5, 0.6) is 0 Å². The first-order valence-corrected chi connectivity index (χ1v) is 7.60. The molecule has 3 atom stereocenters. The van der Waals surface area contributed by atoms with Crippen molar-refractivity contribution < 1.29 is 0 Å². The van der Waals surface area contributed by atoms with Crippen LogP contribution in [0.2, 0.25) is 0 Å².